The van der Waals surface area contributed by atoms with Gasteiger partial charge in [0.2, 0.25) is 11.4 Å². The molecular weight excluding hydrogens is 839 g/mol. The summed E-state index contributed by atoms with van der Waals surface area (Å²) in [6.45, 7) is 10.7. The zero-order valence-electron chi connectivity index (χ0n) is 37.3. The summed E-state index contributed by atoms with van der Waals surface area (Å²) in [5, 5.41) is 0. The third kappa shape index (κ3) is 11.0. The van der Waals surface area contributed by atoms with Crippen molar-refractivity contribution in [3.05, 3.63) is 173 Å². The Kier molecular flexibility index (Phi) is 14.9. The molecule has 4 aromatic carbocycles. The molecule has 9 nitrogen and oxygen atoms in total. The van der Waals surface area contributed by atoms with E-state index in [1.807, 2.05) is 34.9 Å². The summed E-state index contributed by atoms with van der Waals surface area (Å²) < 4.78 is 70.9. The first kappa shape index (κ1) is 46.4. The number of nitrogens with zero attached hydrogens (tertiary/aromatic N) is 3. The Morgan fingerprint density at radius 1 is 0.781 bits per heavy atom. The molecule has 2 N–H and O–H groups in total. The molecule has 0 saturated heterocycles. The van der Waals surface area contributed by atoms with Gasteiger partial charge in [-0.1, -0.05) is 106 Å². The average molecular weight is 899 g/mol. The van der Waals surface area contributed by atoms with Crippen molar-refractivity contribution in [2.24, 2.45) is 11.8 Å². The van der Waals surface area contributed by atoms with Gasteiger partial charge in [0.05, 0.1) is 22.6 Å². The fraction of sp³-hybridized carbons (Fsp3) is 0.321. The molecule has 64 heavy (non-hydrogen) atoms. The van der Waals surface area contributed by atoms with Gasteiger partial charge in [-0.2, -0.15) is 21.4 Å². The molecule has 334 valence electrons. The fourth-order valence-electron chi connectivity index (χ4n) is 8.72. The number of benzene rings is 4. The summed E-state index contributed by atoms with van der Waals surface area (Å²) in [4.78, 5) is 4.48. The lowest BCUT2D eigenvalue weighted by molar-refractivity contribution is -0.437. The van der Waals surface area contributed by atoms with E-state index in [1.165, 1.54) is 17.7 Å². The van der Waals surface area contributed by atoms with E-state index in [0.29, 0.717) is 31.0 Å². The maximum absolute atomic E-state index is 12.7. The Balaban J connectivity index is 1.44. The van der Waals surface area contributed by atoms with Gasteiger partial charge in [-0.15, -0.1) is 0 Å². The van der Waals surface area contributed by atoms with E-state index in [4.69, 9.17) is 0 Å². The van der Waals surface area contributed by atoms with Crippen LogP contribution in [-0.2, 0) is 20.2 Å². The lowest BCUT2D eigenvalue weighted by Crippen LogP contribution is -2.24. The SMILES string of the molecule is CCCCN(C1=C=CC(C)C=C1)c1ccc(/C(=C2/C(c3ccccc3)=[N+](CCCCS(=O)(=O)O)c3cc(S(=O)(=O)O)ccc32)C2C=CC(N(CCCC)c3ccc(C)cc3)=CC2)cc1. The number of hydrogen-bond acceptors (Lipinski definition) is 6. The maximum Gasteiger partial charge on any atom is 0.294 e. The third-order valence-corrected chi connectivity index (χ3v) is 13.8. The van der Waals surface area contributed by atoms with Crippen molar-refractivity contribution < 1.29 is 30.5 Å². The van der Waals surface area contributed by atoms with Crippen molar-refractivity contribution >= 4 is 54.2 Å². The van der Waals surface area contributed by atoms with Gasteiger partial charge in [0.25, 0.3) is 20.2 Å². The molecule has 0 fully saturated rings. The number of unbranched alkanes of at least 4 members (excludes halogenated alkanes) is 3. The van der Waals surface area contributed by atoms with Crippen molar-refractivity contribution in [1.29, 1.82) is 0 Å². The van der Waals surface area contributed by atoms with Crippen molar-refractivity contribution in [2.45, 2.75) is 77.5 Å². The van der Waals surface area contributed by atoms with Crippen LogP contribution in [0.2, 0.25) is 0 Å². The lowest BCUT2D eigenvalue weighted by atomic mass is 9.80. The van der Waals surface area contributed by atoms with Gasteiger partial charge < -0.3 is 9.80 Å². The van der Waals surface area contributed by atoms with E-state index in [1.54, 1.807) is 6.07 Å². The summed E-state index contributed by atoms with van der Waals surface area (Å²) >= 11 is 0. The van der Waals surface area contributed by atoms with Gasteiger partial charge in [-0.25, -0.2) is 0 Å². The van der Waals surface area contributed by atoms with Gasteiger partial charge in [0, 0.05) is 54.1 Å². The van der Waals surface area contributed by atoms with Gasteiger partial charge in [0.15, 0.2) is 0 Å². The predicted octanol–water partition coefficient (Wildman–Crippen LogP) is 11.6. The Morgan fingerprint density at radius 2 is 1.45 bits per heavy atom. The summed E-state index contributed by atoms with van der Waals surface area (Å²) in [6, 6.07) is 32.1. The van der Waals surface area contributed by atoms with Gasteiger partial charge in [0.1, 0.15) is 11.4 Å². The minimum absolute atomic E-state index is 0.104. The van der Waals surface area contributed by atoms with Crippen LogP contribution in [0.3, 0.4) is 0 Å². The summed E-state index contributed by atoms with van der Waals surface area (Å²) in [6.07, 6.45) is 18.7. The van der Waals surface area contributed by atoms with Crippen LogP contribution < -0.4 is 9.80 Å². The molecule has 0 spiro atoms. The number of aryl methyl sites for hydroxylation is 1. The van der Waals surface area contributed by atoms with E-state index >= 15 is 0 Å². The largest absolute Gasteiger partial charge is 0.342 e. The monoisotopic (exact) mass is 898 g/mol. The highest BCUT2D eigenvalue weighted by molar-refractivity contribution is 7.86. The topological polar surface area (TPSA) is 118 Å². The molecule has 2 unspecified atom stereocenters. The second-order valence-corrected chi connectivity index (χ2v) is 19.9. The normalized spacial score (nSPS) is 17.9. The van der Waals surface area contributed by atoms with Crippen LogP contribution in [0.5, 0.6) is 0 Å². The van der Waals surface area contributed by atoms with Crippen LogP contribution in [0, 0.1) is 18.8 Å². The zero-order valence-corrected chi connectivity index (χ0v) is 39.0. The molecule has 1 aliphatic heterocycles. The molecule has 1 heterocycles. The van der Waals surface area contributed by atoms with E-state index < -0.39 is 26.0 Å². The Labute approximate surface area is 380 Å². The number of fused-ring (bicyclic) bond motifs is 1. The number of allylic oxidation sites excluding steroid dienone is 7. The van der Waals surface area contributed by atoms with E-state index in [-0.39, 0.29) is 17.2 Å². The smallest absolute Gasteiger partial charge is 0.294 e. The molecule has 2 atom stereocenters. The third-order valence-electron chi connectivity index (χ3n) is 12.1. The molecule has 0 bridgehead atoms. The van der Waals surface area contributed by atoms with E-state index in [9.17, 15) is 25.9 Å². The molecular formula is C53H60N3O6S2+. The fourth-order valence-corrected chi connectivity index (χ4v) is 9.79. The molecule has 0 amide bonds. The second-order valence-electron chi connectivity index (χ2n) is 16.9. The summed E-state index contributed by atoms with van der Waals surface area (Å²) in [5.74, 6) is -0.176. The molecule has 11 heteroatoms. The van der Waals surface area contributed by atoms with Crippen molar-refractivity contribution in [3.63, 3.8) is 0 Å². The van der Waals surface area contributed by atoms with Crippen LogP contribution in [0.4, 0.5) is 17.1 Å². The first-order valence-electron chi connectivity index (χ1n) is 22.5. The second kappa shape index (κ2) is 20.5. The van der Waals surface area contributed by atoms with Crippen LogP contribution in [0.25, 0.3) is 11.1 Å². The Hall–Kier alpha value is -5.55. The quantitative estimate of drug-likeness (QED) is 0.0413. The van der Waals surface area contributed by atoms with Crippen molar-refractivity contribution in [1.82, 2.24) is 0 Å². The standard InChI is InChI=1S/C53H59N3O6S2/c1-5-7-34-54(44-24-16-39(3)17-25-44)46-28-20-41(21-29-46)51(42-22-30-47(31-23-42)55(35-8-6-2)45-26-18-40(4)19-27-45)52-49-33-32-48(64(60,61)62)38-50(49)56(36-12-13-37-63(57,58)59)53(52)43-14-10-9-11-15-43/h9-11,14-22,24,26-33,38-39,42H,5-8,12-13,23,34-37H2,1-4H3,(H-,57,58,59,60,61,62)/p+1. The molecule has 0 radical (unpaired) electrons. The Morgan fingerprint density at radius 3 is 2.06 bits per heavy atom. The van der Waals surface area contributed by atoms with E-state index in [0.717, 1.165) is 95.1 Å². The number of hydrogen-bond donors (Lipinski definition) is 2. The van der Waals surface area contributed by atoms with Crippen molar-refractivity contribution in [3.8, 4) is 0 Å². The maximum atomic E-state index is 12.7. The first-order valence-corrected chi connectivity index (χ1v) is 25.6. The number of rotatable bonds is 19. The highest BCUT2D eigenvalue weighted by Gasteiger charge is 2.40. The zero-order chi connectivity index (χ0) is 45.4. The molecule has 0 aromatic heterocycles. The summed E-state index contributed by atoms with van der Waals surface area (Å²) in [7, 11) is -8.76. The van der Waals surface area contributed by atoms with Crippen LogP contribution in [0.1, 0.15) is 88.0 Å². The van der Waals surface area contributed by atoms with Crippen LogP contribution in [-0.4, -0.2) is 61.6 Å². The first-order chi connectivity index (χ1) is 30.8. The lowest BCUT2D eigenvalue weighted by Gasteiger charge is -2.30. The van der Waals surface area contributed by atoms with Gasteiger partial charge >= 0.3 is 0 Å². The predicted molar refractivity (Wildman–Crippen MR) is 261 cm³/mol. The molecule has 3 aliphatic rings. The van der Waals surface area contributed by atoms with Crippen LogP contribution >= 0.6 is 0 Å². The van der Waals surface area contributed by atoms with Crippen molar-refractivity contribution in [2.75, 3.05) is 35.2 Å². The van der Waals surface area contributed by atoms with Crippen LogP contribution in [0.15, 0.2) is 156 Å². The highest BCUT2D eigenvalue weighted by atomic mass is 32.2. The molecule has 2 aliphatic carbocycles. The molecule has 0 saturated carbocycles. The highest BCUT2D eigenvalue weighted by Crippen LogP contribution is 2.46. The molecule has 4 aromatic rings. The Bertz CT molecular complexity index is 2780. The number of anilines is 2. The average Bonchev–Trinajstić information content (AvgIpc) is 3.60. The minimum Gasteiger partial charge on any atom is -0.342 e. The van der Waals surface area contributed by atoms with Gasteiger partial charge in [-0.3, -0.25) is 9.11 Å². The molecule has 7 rings (SSSR count). The van der Waals surface area contributed by atoms with E-state index in [2.05, 4.69) is 128 Å². The van der Waals surface area contributed by atoms with Gasteiger partial charge in [-0.05, 0) is 116 Å². The summed E-state index contributed by atoms with van der Waals surface area (Å²) in [5.41, 5.74) is 15.2. The minimum atomic E-state index is -4.57.